The van der Waals surface area contributed by atoms with Crippen molar-refractivity contribution in [2.75, 3.05) is 0 Å². The van der Waals surface area contributed by atoms with Crippen LogP contribution in [-0.4, -0.2) is 11.1 Å². The molecule has 1 unspecified atom stereocenters. The average molecular weight is 227 g/mol. The molecular weight excluding hydrogens is 212 g/mol. The maximum atomic E-state index is 13.2. The summed E-state index contributed by atoms with van der Waals surface area (Å²) in [6, 6.07) is 2.12. The lowest BCUT2D eigenvalue weighted by Crippen LogP contribution is -2.32. The lowest BCUT2D eigenvalue weighted by atomic mass is 9.86. The molecule has 0 saturated heterocycles. The topological polar surface area (TPSA) is 46.2 Å². The van der Waals surface area contributed by atoms with Gasteiger partial charge < -0.3 is 10.8 Å². The zero-order valence-electron chi connectivity index (χ0n) is 9.13. The summed E-state index contributed by atoms with van der Waals surface area (Å²) in [7, 11) is 0. The molecule has 4 heteroatoms. The molecule has 1 saturated carbocycles. The first-order valence-corrected chi connectivity index (χ1v) is 5.36. The largest absolute Gasteiger partial charge is 0.392 e. The van der Waals surface area contributed by atoms with Crippen LogP contribution in [0.15, 0.2) is 12.1 Å². The summed E-state index contributed by atoms with van der Waals surface area (Å²) < 4.78 is 26.3. The van der Waals surface area contributed by atoms with Crippen LogP contribution >= 0.6 is 0 Å². The van der Waals surface area contributed by atoms with E-state index in [1.54, 1.807) is 0 Å². The van der Waals surface area contributed by atoms with Gasteiger partial charge >= 0.3 is 0 Å². The number of aliphatic hydroxyl groups is 1. The third-order valence-corrected chi connectivity index (χ3v) is 3.51. The second kappa shape index (κ2) is 3.79. The normalized spacial score (nSPS) is 19.6. The molecule has 1 aromatic rings. The van der Waals surface area contributed by atoms with Gasteiger partial charge in [0.05, 0.1) is 6.61 Å². The minimum Gasteiger partial charge on any atom is -0.392 e. The van der Waals surface area contributed by atoms with Crippen molar-refractivity contribution in [3.05, 3.63) is 34.9 Å². The smallest absolute Gasteiger partial charge is 0.159 e. The lowest BCUT2D eigenvalue weighted by Gasteiger charge is -2.23. The highest BCUT2D eigenvalue weighted by Crippen LogP contribution is 2.51. The molecule has 0 radical (unpaired) electrons. The van der Waals surface area contributed by atoms with Gasteiger partial charge in [0.1, 0.15) is 0 Å². The highest BCUT2D eigenvalue weighted by Gasteiger charge is 2.48. The van der Waals surface area contributed by atoms with Gasteiger partial charge in [0, 0.05) is 11.5 Å². The number of nitrogens with two attached hydrogens (primary N) is 1. The fourth-order valence-corrected chi connectivity index (χ4v) is 2.29. The molecular formula is C12H15F2NO. The van der Waals surface area contributed by atoms with Crippen molar-refractivity contribution in [2.45, 2.75) is 37.8 Å². The molecule has 1 aliphatic carbocycles. The van der Waals surface area contributed by atoms with Crippen LogP contribution in [0.3, 0.4) is 0 Å². The molecule has 3 N–H and O–H groups in total. The van der Waals surface area contributed by atoms with Crippen molar-refractivity contribution in [2.24, 2.45) is 5.73 Å². The standard InChI is InChI=1S/C12H15F2NO/c1-7(15)12(2-3-12)9-5-11(14)10(13)4-8(9)6-16/h4-5,7,16H,2-3,6,15H2,1H3. The fourth-order valence-electron chi connectivity index (χ4n) is 2.29. The number of rotatable bonds is 3. The Balaban J connectivity index is 2.52. The molecule has 0 amide bonds. The van der Waals surface area contributed by atoms with E-state index in [9.17, 15) is 13.9 Å². The SMILES string of the molecule is CC(N)C1(c2cc(F)c(F)cc2CO)CC1. The predicted octanol–water partition coefficient (Wildman–Crippen LogP) is 1.84. The summed E-state index contributed by atoms with van der Waals surface area (Å²) >= 11 is 0. The molecule has 0 heterocycles. The molecule has 0 spiro atoms. The molecule has 1 aliphatic rings. The van der Waals surface area contributed by atoms with Gasteiger partial charge in [0.15, 0.2) is 11.6 Å². The van der Waals surface area contributed by atoms with Crippen LogP contribution in [0.1, 0.15) is 30.9 Å². The molecule has 1 aromatic carbocycles. The van der Waals surface area contributed by atoms with Gasteiger partial charge in [-0.15, -0.1) is 0 Å². The number of benzene rings is 1. The van der Waals surface area contributed by atoms with Crippen molar-refractivity contribution in [1.82, 2.24) is 0 Å². The van der Waals surface area contributed by atoms with Crippen molar-refractivity contribution in [3.8, 4) is 0 Å². The number of halogens is 2. The summed E-state index contributed by atoms with van der Waals surface area (Å²) in [4.78, 5) is 0. The Morgan fingerprint density at radius 1 is 1.38 bits per heavy atom. The number of aliphatic hydroxyl groups excluding tert-OH is 1. The van der Waals surface area contributed by atoms with Gasteiger partial charge in [-0.2, -0.15) is 0 Å². The van der Waals surface area contributed by atoms with Crippen molar-refractivity contribution >= 4 is 0 Å². The van der Waals surface area contributed by atoms with Gasteiger partial charge in [0.2, 0.25) is 0 Å². The van der Waals surface area contributed by atoms with Crippen LogP contribution in [0.25, 0.3) is 0 Å². The van der Waals surface area contributed by atoms with E-state index in [1.165, 1.54) is 6.07 Å². The van der Waals surface area contributed by atoms with Crippen molar-refractivity contribution in [1.29, 1.82) is 0 Å². The summed E-state index contributed by atoms with van der Waals surface area (Å²) in [5.74, 6) is -1.80. The number of hydrogen-bond acceptors (Lipinski definition) is 2. The maximum Gasteiger partial charge on any atom is 0.159 e. The zero-order valence-corrected chi connectivity index (χ0v) is 9.13. The van der Waals surface area contributed by atoms with Gasteiger partial charge in [-0.05, 0) is 43.0 Å². The van der Waals surface area contributed by atoms with E-state index in [1.807, 2.05) is 6.92 Å². The van der Waals surface area contributed by atoms with E-state index in [0.29, 0.717) is 11.1 Å². The third kappa shape index (κ3) is 1.62. The second-order valence-corrected chi connectivity index (χ2v) is 4.53. The van der Waals surface area contributed by atoms with Crippen LogP contribution in [-0.2, 0) is 12.0 Å². The Hall–Kier alpha value is -1.00. The van der Waals surface area contributed by atoms with Crippen molar-refractivity contribution in [3.63, 3.8) is 0 Å². The quantitative estimate of drug-likeness (QED) is 0.827. The van der Waals surface area contributed by atoms with Crippen LogP contribution in [0.2, 0.25) is 0 Å². The van der Waals surface area contributed by atoms with Gasteiger partial charge in [-0.3, -0.25) is 0 Å². The molecule has 2 rings (SSSR count). The van der Waals surface area contributed by atoms with E-state index in [0.717, 1.165) is 18.9 Å². The highest BCUT2D eigenvalue weighted by molar-refractivity contribution is 5.40. The lowest BCUT2D eigenvalue weighted by molar-refractivity contribution is 0.277. The van der Waals surface area contributed by atoms with E-state index in [4.69, 9.17) is 5.73 Å². The second-order valence-electron chi connectivity index (χ2n) is 4.53. The van der Waals surface area contributed by atoms with E-state index >= 15 is 0 Å². The van der Waals surface area contributed by atoms with E-state index < -0.39 is 11.6 Å². The summed E-state index contributed by atoms with van der Waals surface area (Å²) in [5.41, 5.74) is 6.70. The minimum atomic E-state index is -0.923. The first-order chi connectivity index (χ1) is 7.51. The average Bonchev–Trinajstić information content (AvgIpc) is 3.02. The Bertz CT molecular complexity index is 414. The third-order valence-electron chi connectivity index (χ3n) is 3.51. The molecule has 1 atom stereocenters. The molecule has 88 valence electrons. The van der Waals surface area contributed by atoms with Gasteiger partial charge in [-0.25, -0.2) is 8.78 Å². The minimum absolute atomic E-state index is 0.123. The molecule has 16 heavy (non-hydrogen) atoms. The molecule has 0 aromatic heterocycles. The maximum absolute atomic E-state index is 13.2. The number of hydrogen-bond donors (Lipinski definition) is 2. The highest BCUT2D eigenvalue weighted by atomic mass is 19.2. The van der Waals surface area contributed by atoms with Crippen molar-refractivity contribution < 1.29 is 13.9 Å². The van der Waals surface area contributed by atoms with E-state index in [-0.39, 0.29) is 18.1 Å². The monoisotopic (exact) mass is 227 g/mol. The molecule has 0 bridgehead atoms. The summed E-state index contributed by atoms with van der Waals surface area (Å²) in [6.45, 7) is 1.57. The van der Waals surface area contributed by atoms with E-state index in [2.05, 4.69) is 0 Å². The fraction of sp³-hybridized carbons (Fsp3) is 0.500. The van der Waals surface area contributed by atoms with Crippen LogP contribution < -0.4 is 5.73 Å². The van der Waals surface area contributed by atoms with Crippen LogP contribution in [0, 0.1) is 11.6 Å². The van der Waals surface area contributed by atoms with Crippen LogP contribution in [0.5, 0.6) is 0 Å². The first kappa shape index (κ1) is 11.5. The molecule has 1 fully saturated rings. The Labute approximate surface area is 93.1 Å². The Kier molecular flexibility index (Phi) is 2.72. The van der Waals surface area contributed by atoms with Gasteiger partial charge in [0.25, 0.3) is 0 Å². The zero-order chi connectivity index (χ0) is 11.9. The summed E-state index contributed by atoms with van der Waals surface area (Å²) in [5, 5.41) is 9.18. The first-order valence-electron chi connectivity index (χ1n) is 5.36. The van der Waals surface area contributed by atoms with Crippen LogP contribution in [0.4, 0.5) is 8.78 Å². The Morgan fingerprint density at radius 3 is 2.38 bits per heavy atom. The molecule has 2 nitrogen and oxygen atoms in total. The predicted molar refractivity (Wildman–Crippen MR) is 56.8 cm³/mol. The molecule has 0 aliphatic heterocycles. The summed E-state index contributed by atoms with van der Waals surface area (Å²) in [6.07, 6.45) is 1.73. The van der Waals surface area contributed by atoms with Gasteiger partial charge in [-0.1, -0.05) is 0 Å². The Morgan fingerprint density at radius 2 is 1.94 bits per heavy atom.